The Morgan fingerprint density at radius 3 is 2.65 bits per heavy atom. The van der Waals surface area contributed by atoms with E-state index < -0.39 is 0 Å². The molecule has 0 spiro atoms. The minimum Gasteiger partial charge on any atom is -0.392 e. The van der Waals surface area contributed by atoms with Gasteiger partial charge in [0.25, 0.3) is 0 Å². The van der Waals surface area contributed by atoms with Gasteiger partial charge in [-0.05, 0) is 42.0 Å². The third kappa shape index (κ3) is 4.36. The molecule has 2 N–H and O–H groups in total. The van der Waals surface area contributed by atoms with Gasteiger partial charge in [0.05, 0.1) is 12.4 Å². The molecule has 2 aromatic rings. The maximum atomic E-state index is 12.7. The van der Waals surface area contributed by atoms with E-state index in [1.165, 1.54) is 36.0 Å². The van der Waals surface area contributed by atoms with E-state index in [-0.39, 0.29) is 24.1 Å². The van der Waals surface area contributed by atoms with E-state index in [9.17, 15) is 9.18 Å². The molecule has 0 aliphatic heterocycles. The molecule has 0 aliphatic carbocycles. The van der Waals surface area contributed by atoms with Crippen LogP contribution in [0.2, 0.25) is 0 Å². The summed E-state index contributed by atoms with van der Waals surface area (Å²) in [6, 6.07) is 13.0. The largest absolute Gasteiger partial charge is 0.392 e. The van der Waals surface area contributed by atoms with E-state index >= 15 is 0 Å². The van der Waals surface area contributed by atoms with Crippen LogP contribution in [-0.4, -0.2) is 16.8 Å². The number of hydrogen-bond acceptors (Lipinski definition) is 3. The second-order valence-corrected chi connectivity index (χ2v) is 5.20. The van der Waals surface area contributed by atoms with Gasteiger partial charge in [-0.2, -0.15) is 0 Å². The number of carbonyl (C=O) groups excluding carboxylic acids is 1. The van der Waals surface area contributed by atoms with Gasteiger partial charge in [-0.1, -0.05) is 12.1 Å². The molecule has 0 saturated heterocycles. The third-order valence-corrected chi connectivity index (χ3v) is 3.57. The molecule has 20 heavy (non-hydrogen) atoms. The summed E-state index contributed by atoms with van der Waals surface area (Å²) in [5, 5.41) is 11.7. The Bertz CT molecular complexity index is 587. The van der Waals surface area contributed by atoms with Gasteiger partial charge < -0.3 is 10.4 Å². The molecule has 0 saturated carbocycles. The SMILES string of the molecule is O=C(CSc1cccc(CO)c1)Nc1ccc(F)cc1. The van der Waals surface area contributed by atoms with Crippen molar-refractivity contribution in [1.82, 2.24) is 0 Å². The molecule has 0 unspecified atom stereocenters. The molecule has 0 heterocycles. The molecule has 0 atom stereocenters. The van der Waals surface area contributed by atoms with Crippen molar-refractivity contribution < 1.29 is 14.3 Å². The first-order valence-electron chi connectivity index (χ1n) is 6.05. The van der Waals surface area contributed by atoms with Crippen molar-refractivity contribution in [3.8, 4) is 0 Å². The van der Waals surface area contributed by atoms with Crippen LogP contribution in [0.4, 0.5) is 10.1 Å². The first-order valence-corrected chi connectivity index (χ1v) is 7.04. The summed E-state index contributed by atoms with van der Waals surface area (Å²) in [6.07, 6.45) is 0. The van der Waals surface area contributed by atoms with Gasteiger partial charge in [0.15, 0.2) is 0 Å². The second kappa shape index (κ2) is 7.07. The van der Waals surface area contributed by atoms with Gasteiger partial charge in [0.1, 0.15) is 5.82 Å². The van der Waals surface area contributed by atoms with E-state index in [0.717, 1.165) is 10.5 Å². The van der Waals surface area contributed by atoms with Gasteiger partial charge in [-0.25, -0.2) is 4.39 Å². The highest BCUT2D eigenvalue weighted by atomic mass is 32.2. The number of thioether (sulfide) groups is 1. The summed E-state index contributed by atoms with van der Waals surface area (Å²) in [6.45, 7) is -0.0177. The number of aliphatic hydroxyl groups excluding tert-OH is 1. The molecule has 5 heteroatoms. The lowest BCUT2D eigenvalue weighted by Gasteiger charge is -2.06. The van der Waals surface area contributed by atoms with Gasteiger partial charge >= 0.3 is 0 Å². The Kier molecular flexibility index (Phi) is 5.15. The maximum Gasteiger partial charge on any atom is 0.234 e. The molecule has 3 nitrogen and oxygen atoms in total. The highest BCUT2D eigenvalue weighted by molar-refractivity contribution is 8.00. The van der Waals surface area contributed by atoms with E-state index in [1.54, 1.807) is 0 Å². The molecule has 2 aromatic carbocycles. The average Bonchev–Trinajstić information content (AvgIpc) is 2.48. The second-order valence-electron chi connectivity index (χ2n) is 4.15. The number of rotatable bonds is 5. The highest BCUT2D eigenvalue weighted by Crippen LogP contribution is 2.19. The van der Waals surface area contributed by atoms with Gasteiger partial charge in [-0.3, -0.25) is 4.79 Å². The monoisotopic (exact) mass is 291 g/mol. The number of benzene rings is 2. The van der Waals surface area contributed by atoms with Crippen LogP contribution in [0.3, 0.4) is 0 Å². The lowest BCUT2D eigenvalue weighted by Crippen LogP contribution is -2.13. The van der Waals surface area contributed by atoms with Crippen molar-refractivity contribution in [1.29, 1.82) is 0 Å². The predicted octanol–water partition coefficient (Wildman–Crippen LogP) is 3.05. The van der Waals surface area contributed by atoms with Crippen molar-refractivity contribution in [3.63, 3.8) is 0 Å². The number of halogens is 1. The Morgan fingerprint density at radius 2 is 1.95 bits per heavy atom. The standard InChI is InChI=1S/C15H14FNO2S/c16-12-4-6-13(7-5-12)17-15(19)10-20-14-3-1-2-11(8-14)9-18/h1-8,18H,9-10H2,(H,17,19). The Balaban J connectivity index is 1.87. The fraction of sp³-hybridized carbons (Fsp3) is 0.133. The van der Waals surface area contributed by atoms with Crippen molar-refractivity contribution in [2.45, 2.75) is 11.5 Å². The lowest BCUT2D eigenvalue weighted by molar-refractivity contribution is -0.113. The van der Waals surface area contributed by atoms with Crippen molar-refractivity contribution in [3.05, 3.63) is 59.9 Å². The van der Waals surface area contributed by atoms with Crippen LogP contribution < -0.4 is 5.32 Å². The molecular weight excluding hydrogens is 277 g/mol. The third-order valence-electron chi connectivity index (χ3n) is 2.58. The fourth-order valence-corrected chi connectivity index (χ4v) is 2.39. The molecule has 104 valence electrons. The van der Waals surface area contributed by atoms with E-state index in [4.69, 9.17) is 5.11 Å². The molecule has 0 aromatic heterocycles. The molecule has 2 rings (SSSR count). The van der Waals surface area contributed by atoms with Crippen molar-refractivity contribution in [2.24, 2.45) is 0 Å². The van der Waals surface area contributed by atoms with Crippen LogP contribution in [0, 0.1) is 5.82 Å². The van der Waals surface area contributed by atoms with E-state index in [0.29, 0.717) is 5.69 Å². The number of anilines is 1. The number of amides is 1. The quantitative estimate of drug-likeness (QED) is 0.832. The van der Waals surface area contributed by atoms with Crippen LogP contribution in [-0.2, 0) is 11.4 Å². The van der Waals surface area contributed by atoms with Crippen LogP contribution in [0.25, 0.3) is 0 Å². The molecule has 0 fully saturated rings. The maximum absolute atomic E-state index is 12.7. The zero-order valence-corrected chi connectivity index (χ0v) is 11.5. The first kappa shape index (κ1) is 14.6. The summed E-state index contributed by atoms with van der Waals surface area (Å²) in [5.41, 5.74) is 1.38. The average molecular weight is 291 g/mol. The zero-order chi connectivity index (χ0) is 14.4. The normalized spacial score (nSPS) is 10.3. The summed E-state index contributed by atoms with van der Waals surface area (Å²) in [5.74, 6) is -0.235. The molecule has 0 radical (unpaired) electrons. The van der Waals surface area contributed by atoms with Crippen LogP contribution >= 0.6 is 11.8 Å². The minimum atomic E-state index is -0.335. The Labute approximate surface area is 120 Å². The van der Waals surface area contributed by atoms with Crippen molar-refractivity contribution >= 4 is 23.4 Å². The highest BCUT2D eigenvalue weighted by Gasteiger charge is 2.04. The lowest BCUT2D eigenvalue weighted by atomic mass is 10.2. The summed E-state index contributed by atoms with van der Waals surface area (Å²) >= 11 is 1.38. The van der Waals surface area contributed by atoms with Gasteiger partial charge in [-0.15, -0.1) is 11.8 Å². The van der Waals surface area contributed by atoms with Gasteiger partial charge in [0.2, 0.25) is 5.91 Å². The molecular formula is C15H14FNO2S. The van der Waals surface area contributed by atoms with Crippen LogP contribution in [0.15, 0.2) is 53.4 Å². The number of nitrogens with one attached hydrogen (secondary N) is 1. The fourth-order valence-electron chi connectivity index (χ4n) is 1.61. The molecule has 0 bridgehead atoms. The first-order chi connectivity index (χ1) is 9.67. The molecule has 1 amide bonds. The minimum absolute atomic E-state index is 0.0177. The van der Waals surface area contributed by atoms with Crippen LogP contribution in [0.1, 0.15) is 5.56 Å². The number of hydrogen-bond donors (Lipinski definition) is 2. The topological polar surface area (TPSA) is 49.3 Å². The van der Waals surface area contributed by atoms with E-state index in [2.05, 4.69) is 5.32 Å². The number of aliphatic hydroxyl groups is 1. The summed E-state index contributed by atoms with van der Waals surface area (Å²) in [4.78, 5) is 12.7. The van der Waals surface area contributed by atoms with Gasteiger partial charge in [0, 0.05) is 10.6 Å². The molecule has 0 aliphatic rings. The Morgan fingerprint density at radius 1 is 1.20 bits per heavy atom. The predicted molar refractivity (Wildman–Crippen MR) is 78.1 cm³/mol. The Hall–Kier alpha value is -1.85. The van der Waals surface area contributed by atoms with Crippen molar-refractivity contribution in [2.75, 3.05) is 11.1 Å². The summed E-state index contributed by atoms with van der Waals surface area (Å²) in [7, 11) is 0. The van der Waals surface area contributed by atoms with Crippen LogP contribution in [0.5, 0.6) is 0 Å². The number of carbonyl (C=O) groups is 1. The smallest absolute Gasteiger partial charge is 0.234 e. The van der Waals surface area contributed by atoms with E-state index in [1.807, 2.05) is 24.3 Å². The summed E-state index contributed by atoms with van der Waals surface area (Å²) < 4.78 is 12.7. The zero-order valence-electron chi connectivity index (χ0n) is 10.7.